The molecule has 0 saturated carbocycles. The molecule has 0 unspecified atom stereocenters. The fourth-order valence-electron chi connectivity index (χ4n) is 2.24. The average Bonchev–Trinajstić information content (AvgIpc) is 2.69. The molecule has 6 heteroatoms. The van der Waals surface area contributed by atoms with E-state index in [1.165, 1.54) is 24.3 Å². The Balaban J connectivity index is 1.50. The van der Waals surface area contributed by atoms with E-state index >= 15 is 0 Å². The summed E-state index contributed by atoms with van der Waals surface area (Å²) in [5.74, 6) is 0.515. The fraction of sp³-hybridized carbons (Fsp3) is 0.0476. The molecule has 136 valence electrons. The zero-order chi connectivity index (χ0) is 19.1. The van der Waals surface area contributed by atoms with Gasteiger partial charge in [0, 0.05) is 10.0 Å². The monoisotopic (exact) mass is 424 g/mol. The van der Waals surface area contributed by atoms with Crippen LogP contribution in [0.15, 0.2) is 82.4 Å². The number of ether oxygens (including phenoxy) is 1. The number of benzene rings is 3. The molecule has 0 heterocycles. The van der Waals surface area contributed by atoms with Gasteiger partial charge >= 0.3 is 0 Å². The van der Waals surface area contributed by atoms with E-state index in [9.17, 15) is 9.90 Å². The summed E-state index contributed by atoms with van der Waals surface area (Å²) < 4.78 is 6.78. The summed E-state index contributed by atoms with van der Waals surface area (Å²) in [6.07, 6.45) is 1.55. The maximum atomic E-state index is 11.9. The lowest BCUT2D eigenvalue weighted by atomic mass is 10.2. The van der Waals surface area contributed by atoms with Crippen LogP contribution in [0.5, 0.6) is 11.5 Å². The second kappa shape index (κ2) is 9.00. The van der Waals surface area contributed by atoms with E-state index < -0.39 is 0 Å². The summed E-state index contributed by atoms with van der Waals surface area (Å²) in [5, 5.41) is 13.2. The Bertz CT molecular complexity index is 921. The van der Waals surface area contributed by atoms with Crippen molar-refractivity contribution in [1.82, 2.24) is 5.43 Å². The maximum absolute atomic E-state index is 11.9. The zero-order valence-electron chi connectivity index (χ0n) is 14.3. The van der Waals surface area contributed by atoms with E-state index in [4.69, 9.17) is 4.74 Å². The molecule has 0 atom stereocenters. The lowest BCUT2D eigenvalue weighted by molar-refractivity contribution is 0.0955. The molecule has 0 aromatic heterocycles. The minimum absolute atomic E-state index is 0.109. The SMILES string of the molecule is O=C(NN=Cc1ccc(OCc2ccc(Br)cc2)cc1)c1ccc(O)cc1. The smallest absolute Gasteiger partial charge is 0.271 e. The van der Waals surface area contributed by atoms with Crippen LogP contribution in [0, 0.1) is 0 Å². The van der Waals surface area contributed by atoms with Gasteiger partial charge in [-0.25, -0.2) is 5.43 Å². The maximum Gasteiger partial charge on any atom is 0.271 e. The second-order valence-corrected chi connectivity index (χ2v) is 6.65. The van der Waals surface area contributed by atoms with Gasteiger partial charge in [-0.2, -0.15) is 5.10 Å². The van der Waals surface area contributed by atoms with Gasteiger partial charge in [-0.05, 0) is 71.8 Å². The normalized spacial score (nSPS) is 10.7. The van der Waals surface area contributed by atoms with Gasteiger partial charge in [0.05, 0.1) is 6.21 Å². The number of hydrogen-bond acceptors (Lipinski definition) is 4. The van der Waals surface area contributed by atoms with Crippen molar-refractivity contribution in [2.45, 2.75) is 6.61 Å². The lowest BCUT2D eigenvalue weighted by Gasteiger charge is -2.06. The van der Waals surface area contributed by atoms with Gasteiger partial charge in [0.2, 0.25) is 0 Å². The van der Waals surface area contributed by atoms with Gasteiger partial charge in [0.1, 0.15) is 18.1 Å². The summed E-state index contributed by atoms with van der Waals surface area (Å²) in [5.41, 5.74) is 4.78. The van der Waals surface area contributed by atoms with Crippen LogP contribution in [0.1, 0.15) is 21.5 Å². The van der Waals surface area contributed by atoms with Gasteiger partial charge < -0.3 is 9.84 Å². The molecule has 3 aromatic rings. The molecule has 0 spiro atoms. The lowest BCUT2D eigenvalue weighted by Crippen LogP contribution is -2.17. The highest BCUT2D eigenvalue weighted by Crippen LogP contribution is 2.15. The largest absolute Gasteiger partial charge is 0.508 e. The quantitative estimate of drug-likeness (QED) is 0.452. The summed E-state index contributed by atoms with van der Waals surface area (Å²) in [6, 6.07) is 21.3. The summed E-state index contributed by atoms with van der Waals surface area (Å²) in [7, 11) is 0. The molecule has 0 aliphatic rings. The molecule has 0 radical (unpaired) electrons. The highest BCUT2D eigenvalue weighted by molar-refractivity contribution is 9.10. The predicted molar refractivity (Wildman–Crippen MR) is 108 cm³/mol. The van der Waals surface area contributed by atoms with Crippen molar-refractivity contribution in [3.05, 3.63) is 94.0 Å². The number of phenols is 1. The molecule has 1 amide bonds. The standard InChI is InChI=1S/C21H17BrN2O3/c22-18-7-1-16(2-8-18)14-27-20-11-3-15(4-12-20)13-23-24-21(26)17-5-9-19(25)10-6-17/h1-13,25H,14H2,(H,24,26). The van der Waals surface area contributed by atoms with Gasteiger partial charge in [-0.15, -0.1) is 0 Å². The first-order valence-corrected chi connectivity index (χ1v) is 8.99. The molecule has 0 aliphatic heterocycles. The van der Waals surface area contributed by atoms with Gasteiger partial charge in [-0.3, -0.25) is 4.79 Å². The van der Waals surface area contributed by atoms with E-state index in [2.05, 4.69) is 26.5 Å². The molecule has 0 bridgehead atoms. The fourth-order valence-corrected chi connectivity index (χ4v) is 2.50. The molecule has 27 heavy (non-hydrogen) atoms. The van der Waals surface area contributed by atoms with Crippen LogP contribution in [-0.4, -0.2) is 17.2 Å². The first kappa shape index (κ1) is 18.7. The van der Waals surface area contributed by atoms with E-state index in [1.807, 2.05) is 48.5 Å². The third-order valence-electron chi connectivity index (χ3n) is 3.71. The van der Waals surface area contributed by atoms with Crippen molar-refractivity contribution in [2.24, 2.45) is 5.10 Å². The van der Waals surface area contributed by atoms with E-state index in [0.29, 0.717) is 12.2 Å². The summed E-state index contributed by atoms with van der Waals surface area (Å²) >= 11 is 3.41. The Labute approximate surface area is 165 Å². The Hall–Kier alpha value is -3.12. The zero-order valence-corrected chi connectivity index (χ0v) is 15.9. The topological polar surface area (TPSA) is 70.9 Å². The molecular weight excluding hydrogens is 408 g/mol. The third-order valence-corrected chi connectivity index (χ3v) is 4.24. The van der Waals surface area contributed by atoms with Crippen LogP contribution in [0.25, 0.3) is 0 Å². The first-order chi connectivity index (χ1) is 13.1. The number of hydrogen-bond donors (Lipinski definition) is 2. The second-order valence-electron chi connectivity index (χ2n) is 5.73. The molecular formula is C21H17BrN2O3. The van der Waals surface area contributed by atoms with E-state index in [1.54, 1.807) is 6.21 Å². The molecule has 3 rings (SSSR count). The van der Waals surface area contributed by atoms with Crippen LogP contribution < -0.4 is 10.2 Å². The number of phenolic OH excluding ortho intramolecular Hbond substituents is 1. The Morgan fingerprint density at radius 3 is 2.33 bits per heavy atom. The van der Waals surface area contributed by atoms with Gasteiger partial charge in [0.15, 0.2) is 0 Å². The number of carbonyl (C=O) groups excluding carboxylic acids is 1. The number of nitrogens with zero attached hydrogens (tertiary/aromatic N) is 1. The molecule has 2 N–H and O–H groups in total. The average molecular weight is 425 g/mol. The Kier molecular flexibility index (Phi) is 6.22. The molecule has 0 aliphatic carbocycles. The number of hydrazone groups is 1. The van der Waals surface area contributed by atoms with Gasteiger partial charge in [-0.1, -0.05) is 28.1 Å². The minimum Gasteiger partial charge on any atom is -0.508 e. The first-order valence-electron chi connectivity index (χ1n) is 8.20. The molecule has 5 nitrogen and oxygen atoms in total. The van der Waals surface area contributed by atoms with Crippen molar-refractivity contribution in [3.8, 4) is 11.5 Å². The Morgan fingerprint density at radius 1 is 1.00 bits per heavy atom. The van der Waals surface area contributed by atoms with E-state index in [0.717, 1.165) is 21.3 Å². The summed E-state index contributed by atoms with van der Waals surface area (Å²) in [4.78, 5) is 11.9. The van der Waals surface area contributed by atoms with Crippen molar-refractivity contribution in [2.75, 3.05) is 0 Å². The number of nitrogens with one attached hydrogen (secondary N) is 1. The van der Waals surface area contributed by atoms with Crippen LogP contribution in [0.3, 0.4) is 0 Å². The van der Waals surface area contributed by atoms with Gasteiger partial charge in [0.25, 0.3) is 5.91 Å². The minimum atomic E-state index is -0.347. The number of carbonyl (C=O) groups is 1. The summed E-state index contributed by atoms with van der Waals surface area (Å²) in [6.45, 7) is 0.489. The van der Waals surface area contributed by atoms with Crippen molar-refractivity contribution in [3.63, 3.8) is 0 Å². The molecule has 3 aromatic carbocycles. The number of aromatic hydroxyl groups is 1. The van der Waals surface area contributed by atoms with Crippen molar-refractivity contribution < 1.29 is 14.6 Å². The van der Waals surface area contributed by atoms with E-state index in [-0.39, 0.29) is 11.7 Å². The van der Waals surface area contributed by atoms with Crippen LogP contribution >= 0.6 is 15.9 Å². The highest BCUT2D eigenvalue weighted by Gasteiger charge is 2.03. The van der Waals surface area contributed by atoms with Crippen molar-refractivity contribution in [1.29, 1.82) is 0 Å². The number of amides is 1. The third kappa shape index (κ3) is 5.69. The van der Waals surface area contributed by atoms with Crippen LogP contribution in [0.2, 0.25) is 0 Å². The number of halogens is 1. The van der Waals surface area contributed by atoms with Crippen molar-refractivity contribution >= 4 is 28.1 Å². The molecule has 0 fully saturated rings. The Morgan fingerprint density at radius 2 is 1.67 bits per heavy atom. The van der Waals surface area contributed by atoms with Crippen LogP contribution in [0.4, 0.5) is 0 Å². The predicted octanol–water partition coefficient (Wildman–Crippen LogP) is 4.50. The number of rotatable bonds is 6. The highest BCUT2D eigenvalue weighted by atomic mass is 79.9. The molecule has 0 saturated heterocycles. The van der Waals surface area contributed by atoms with Crippen LogP contribution in [-0.2, 0) is 6.61 Å².